The van der Waals surface area contributed by atoms with Crippen LogP contribution in [0.25, 0.3) is 10.6 Å². The van der Waals surface area contributed by atoms with E-state index in [1.165, 1.54) is 21.2 Å². The van der Waals surface area contributed by atoms with E-state index < -0.39 is 10.0 Å². The Kier molecular flexibility index (Phi) is 6.91. The molecule has 0 spiro atoms. The molecule has 0 atom stereocenters. The number of aromatic nitrogens is 1. The minimum absolute atomic E-state index is 0.0793. The lowest BCUT2D eigenvalue weighted by atomic mass is 10.1. The minimum atomic E-state index is -3.18. The summed E-state index contributed by atoms with van der Waals surface area (Å²) in [6.07, 6.45) is 0.551. The maximum Gasteiger partial charge on any atom is 0.270 e. The van der Waals surface area contributed by atoms with E-state index in [1.807, 2.05) is 26.0 Å². The van der Waals surface area contributed by atoms with Gasteiger partial charge in [0, 0.05) is 31.1 Å². The second kappa shape index (κ2) is 8.75. The highest BCUT2D eigenvalue weighted by Crippen LogP contribution is 2.27. The summed E-state index contributed by atoms with van der Waals surface area (Å²) >= 11 is 1.44. The van der Waals surface area contributed by atoms with Crippen LogP contribution in [0.5, 0.6) is 0 Å². The van der Waals surface area contributed by atoms with Crippen LogP contribution in [0.1, 0.15) is 35.0 Å². The number of thiazole rings is 1. The fourth-order valence-electron chi connectivity index (χ4n) is 2.51. The molecule has 1 aromatic carbocycles. The molecule has 8 heteroatoms. The quantitative estimate of drug-likeness (QED) is 0.697. The van der Waals surface area contributed by atoms with Crippen LogP contribution in [-0.4, -0.2) is 49.5 Å². The minimum Gasteiger partial charge on any atom is -0.351 e. The smallest absolute Gasteiger partial charge is 0.270 e. The molecule has 1 amide bonds. The first kappa shape index (κ1) is 20.5. The Balaban J connectivity index is 1.90. The third-order valence-electron chi connectivity index (χ3n) is 4.12. The molecule has 1 heterocycles. The summed E-state index contributed by atoms with van der Waals surface area (Å²) in [5.41, 5.74) is 3.74. The molecule has 0 aliphatic rings. The third-order valence-corrected chi connectivity index (χ3v) is 6.86. The van der Waals surface area contributed by atoms with Crippen molar-refractivity contribution in [1.82, 2.24) is 14.6 Å². The lowest BCUT2D eigenvalue weighted by Gasteiger charge is -2.15. The predicted molar refractivity (Wildman–Crippen MR) is 106 cm³/mol. The van der Waals surface area contributed by atoms with E-state index in [9.17, 15) is 13.2 Å². The summed E-state index contributed by atoms with van der Waals surface area (Å²) in [6, 6.07) is 6.15. The molecule has 0 saturated heterocycles. The number of hydrogen-bond acceptors (Lipinski definition) is 5. The van der Waals surface area contributed by atoms with Gasteiger partial charge in [-0.1, -0.05) is 23.8 Å². The Labute approximate surface area is 159 Å². The van der Waals surface area contributed by atoms with Crippen LogP contribution in [0.3, 0.4) is 0 Å². The number of carbonyl (C=O) groups is 1. The molecule has 2 aromatic rings. The number of nitrogens with zero attached hydrogens (tertiary/aromatic N) is 2. The van der Waals surface area contributed by atoms with E-state index in [1.54, 1.807) is 19.4 Å². The van der Waals surface area contributed by atoms with Gasteiger partial charge in [-0.05, 0) is 32.8 Å². The van der Waals surface area contributed by atoms with Crippen LogP contribution < -0.4 is 5.32 Å². The zero-order valence-corrected chi connectivity index (χ0v) is 17.2. The van der Waals surface area contributed by atoms with E-state index in [2.05, 4.69) is 16.4 Å². The van der Waals surface area contributed by atoms with Gasteiger partial charge in [0.2, 0.25) is 10.0 Å². The Morgan fingerprint density at radius 2 is 2.04 bits per heavy atom. The van der Waals surface area contributed by atoms with Gasteiger partial charge in [-0.15, -0.1) is 11.3 Å². The van der Waals surface area contributed by atoms with E-state index in [4.69, 9.17) is 0 Å². The van der Waals surface area contributed by atoms with Crippen LogP contribution in [0, 0.1) is 13.8 Å². The van der Waals surface area contributed by atoms with Crippen molar-refractivity contribution in [2.24, 2.45) is 0 Å². The van der Waals surface area contributed by atoms with Crippen molar-refractivity contribution in [2.45, 2.75) is 27.2 Å². The van der Waals surface area contributed by atoms with Crippen molar-refractivity contribution < 1.29 is 13.2 Å². The molecule has 0 aliphatic carbocycles. The molecule has 0 fully saturated rings. The van der Waals surface area contributed by atoms with E-state index in [0.29, 0.717) is 25.2 Å². The zero-order chi connectivity index (χ0) is 19.3. The average molecular weight is 396 g/mol. The Morgan fingerprint density at radius 3 is 2.69 bits per heavy atom. The largest absolute Gasteiger partial charge is 0.351 e. The molecule has 0 saturated carbocycles. The summed E-state index contributed by atoms with van der Waals surface area (Å²) in [5.74, 6) is -0.158. The first-order valence-electron chi connectivity index (χ1n) is 8.50. The lowest BCUT2D eigenvalue weighted by Crippen LogP contribution is -2.32. The van der Waals surface area contributed by atoms with Gasteiger partial charge in [-0.3, -0.25) is 4.79 Å². The summed E-state index contributed by atoms with van der Waals surface area (Å²) < 4.78 is 24.6. The van der Waals surface area contributed by atoms with Gasteiger partial charge in [-0.25, -0.2) is 17.7 Å². The van der Waals surface area contributed by atoms with Crippen LogP contribution in [-0.2, 0) is 10.0 Å². The van der Waals surface area contributed by atoms with Crippen molar-refractivity contribution in [2.75, 3.05) is 25.9 Å². The number of hydrogen-bond donors (Lipinski definition) is 1. The first-order valence-corrected chi connectivity index (χ1v) is 11.0. The normalized spacial score (nSPS) is 11.7. The number of carbonyl (C=O) groups excluding carboxylic acids is 1. The molecule has 2 rings (SSSR count). The van der Waals surface area contributed by atoms with Crippen molar-refractivity contribution in [3.63, 3.8) is 0 Å². The predicted octanol–water partition coefficient (Wildman–Crippen LogP) is 2.83. The molecule has 0 radical (unpaired) electrons. The van der Waals surface area contributed by atoms with Crippen LogP contribution in [0.2, 0.25) is 0 Å². The highest BCUT2D eigenvalue weighted by molar-refractivity contribution is 7.89. The molecule has 142 valence electrons. The second-order valence-electron chi connectivity index (χ2n) is 6.19. The van der Waals surface area contributed by atoms with Crippen LogP contribution in [0.4, 0.5) is 0 Å². The van der Waals surface area contributed by atoms with Crippen molar-refractivity contribution in [1.29, 1.82) is 0 Å². The van der Waals surface area contributed by atoms with Gasteiger partial charge in [-0.2, -0.15) is 0 Å². The van der Waals surface area contributed by atoms with E-state index in [0.717, 1.165) is 16.1 Å². The molecule has 6 nitrogen and oxygen atoms in total. The second-order valence-corrected chi connectivity index (χ2v) is 9.41. The highest BCUT2D eigenvalue weighted by atomic mass is 32.2. The van der Waals surface area contributed by atoms with Gasteiger partial charge >= 0.3 is 0 Å². The van der Waals surface area contributed by atoms with Crippen LogP contribution >= 0.6 is 11.3 Å². The molecule has 0 aliphatic heterocycles. The summed E-state index contributed by atoms with van der Waals surface area (Å²) in [7, 11) is -1.62. The molecular weight excluding hydrogens is 370 g/mol. The fourth-order valence-corrected chi connectivity index (χ4v) is 4.25. The van der Waals surface area contributed by atoms with Crippen molar-refractivity contribution in [3.05, 3.63) is 40.4 Å². The molecule has 1 aromatic heterocycles. The topological polar surface area (TPSA) is 79.4 Å². The zero-order valence-electron chi connectivity index (χ0n) is 15.6. The summed E-state index contributed by atoms with van der Waals surface area (Å²) in [4.78, 5) is 16.7. The lowest BCUT2D eigenvalue weighted by molar-refractivity contribution is 0.0948. The number of nitrogens with one attached hydrogen (secondary N) is 1. The number of benzene rings is 1. The maximum absolute atomic E-state index is 12.2. The van der Waals surface area contributed by atoms with Crippen molar-refractivity contribution >= 4 is 27.3 Å². The average Bonchev–Trinajstić information content (AvgIpc) is 3.08. The fraction of sp³-hybridized carbons (Fsp3) is 0.444. The van der Waals surface area contributed by atoms with Gasteiger partial charge in [0.25, 0.3) is 5.91 Å². The summed E-state index contributed by atoms with van der Waals surface area (Å²) in [5, 5.41) is 5.36. The van der Waals surface area contributed by atoms with Gasteiger partial charge in [0.05, 0.1) is 5.75 Å². The number of amides is 1. The third kappa shape index (κ3) is 5.12. The summed E-state index contributed by atoms with van der Waals surface area (Å²) in [6.45, 7) is 6.47. The molecule has 0 bridgehead atoms. The molecule has 26 heavy (non-hydrogen) atoms. The molecular formula is C18H25N3O3S2. The molecule has 1 N–H and O–H groups in total. The Morgan fingerprint density at radius 1 is 1.31 bits per heavy atom. The number of rotatable bonds is 8. The maximum atomic E-state index is 12.2. The molecule has 0 unspecified atom stereocenters. The van der Waals surface area contributed by atoms with Gasteiger partial charge < -0.3 is 5.32 Å². The SMILES string of the molecule is CCS(=O)(=O)N(C)CCCNC(=O)c1csc(-c2ccc(C)cc2C)n1. The number of sulfonamides is 1. The Hall–Kier alpha value is -1.77. The first-order chi connectivity index (χ1) is 12.2. The van der Waals surface area contributed by atoms with E-state index in [-0.39, 0.29) is 11.7 Å². The monoisotopic (exact) mass is 395 g/mol. The number of aryl methyl sites for hydroxylation is 2. The van der Waals surface area contributed by atoms with Crippen molar-refractivity contribution in [3.8, 4) is 10.6 Å². The standard InChI is InChI=1S/C18H25N3O3S2/c1-5-26(23,24)21(4)10-6-9-19-17(22)16-12-25-18(20-16)15-8-7-13(2)11-14(15)3/h7-8,11-12H,5-6,9-10H2,1-4H3,(H,19,22). The highest BCUT2D eigenvalue weighted by Gasteiger charge is 2.15. The van der Waals surface area contributed by atoms with E-state index >= 15 is 0 Å². The Bertz CT molecular complexity index is 876. The van der Waals surface area contributed by atoms with Gasteiger partial charge in [0.15, 0.2) is 0 Å². The van der Waals surface area contributed by atoms with Crippen LogP contribution in [0.15, 0.2) is 23.6 Å². The van der Waals surface area contributed by atoms with Gasteiger partial charge in [0.1, 0.15) is 10.7 Å².